The van der Waals surface area contributed by atoms with Crippen LogP contribution >= 0.6 is 0 Å². The van der Waals surface area contributed by atoms with Crippen LogP contribution in [0.1, 0.15) is 56.5 Å². The summed E-state index contributed by atoms with van der Waals surface area (Å²) in [6.45, 7) is 6.07. The Labute approximate surface area is 221 Å². The maximum Gasteiger partial charge on any atom is 0.279 e. The topological polar surface area (TPSA) is 122 Å². The van der Waals surface area contributed by atoms with Gasteiger partial charge in [-0.3, -0.25) is 0 Å². The molecule has 2 saturated heterocycles. The number of nitrogens with one attached hydrogen (secondary N) is 2. The summed E-state index contributed by atoms with van der Waals surface area (Å²) in [4.78, 5) is 8.70. The number of ether oxygens (including phenoxy) is 1. The summed E-state index contributed by atoms with van der Waals surface area (Å²) in [5.41, 5.74) is 6.13. The Morgan fingerprint density at radius 2 is 1.79 bits per heavy atom. The van der Waals surface area contributed by atoms with Gasteiger partial charge in [0.05, 0.1) is 25.0 Å². The first-order chi connectivity index (χ1) is 18.0. The van der Waals surface area contributed by atoms with Crippen LogP contribution in [0.2, 0.25) is 0 Å². The van der Waals surface area contributed by atoms with Gasteiger partial charge in [0.15, 0.2) is 17.4 Å². The van der Waals surface area contributed by atoms with E-state index in [4.69, 9.17) is 10.5 Å². The third-order valence-corrected chi connectivity index (χ3v) is 8.68. The summed E-state index contributed by atoms with van der Waals surface area (Å²) < 4.78 is 76.4. The molecule has 2 aliphatic rings. The van der Waals surface area contributed by atoms with Crippen LogP contribution in [0.15, 0.2) is 24.5 Å². The molecule has 1 unspecified atom stereocenters. The lowest BCUT2D eigenvalue weighted by molar-refractivity contribution is 0.217. The maximum absolute atomic E-state index is 14.5. The maximum atomic E-state index is 14.5. The zero-order valence-corrected chi connectivity index (χ0v) is 22.4. The molecule has 38 heavy (non-hydrogen) atoms. The summed E-state index contributed by atoms with van der Waals surface area (Å²) >= 11 is 0. The fourth-order valence-electron chi connectivity index (χ4n) is 4.93. The minimum atomic E-state index is -3.44. The molecule has 0 spiro atoms. The number of nitrogens with zero attached hydrogens (tertiary/aromatic N) is 3. The van der Waals surface area contributed by atoms with Crippen LogP contribution in [0.3, 0.4) is 0 Å². The van der Waals surface area contributed by atoms with Gasteiger partial charge in [0.1, 0.15) is 11.6 Å². The minimum absolute atomic E-state index is 0.0233. The highest BCUT2D eigenvalue weighted by Gasteiger charge is 2.39. The number of halogens is 3. The predicted octanol–water partition coefficient (Wildman–Crippen LogP) is 2.62. The van der Waals surface area contributed by atoms with Crippen LogP contribution in [0.25, 0.3) is 0 Å². The highest BCUT2D eigenvalue weighted by Crippen LogP contribution is 2.37. The van der Waals surface area contributed by atoms with Gasteiger partial charge in [0, 0.05) is 44.2 Å². The van der Waals surface area contributed by atoms with Crippen molar-refractivity contribution in [2.75, 3.05) is 32.8 Å². The Kier molecular flexibility index (Phi) is 9.24. The number of piperidine rings is 1. The van der Waals surface area contributed by atoms with Crippen LogP contribution in [-0.2, 0) is 10.2 Å². The highest BCUT2D eigenvalue weighted by atomic mass is 32.2. The molecule has 0 aliphatic carbocycles. The van der Waals surface area contributed by atoms with Crippen LogP contribution in [-0.4, -0.2) is 61.5 Å². The smallest absolute Gasteiger partial charge is 0.279 e. The first-order valence-corrected chi connectivity index (χ1v) is 14.3. The summed E-state index contributed by atoms with van der Waals surface area (Å²) in [5, 5.41) is 3.14. The van der Waals surface area contributed by atoms with Crippen molar-refractivity contribution in [3.8, 4) is 5.75 Å². The van der Waals surface area contributed by atoms with E-state index in [0.717, 1.165) is 25.3 Å². The van der Waals surface area contributed by atoms with E-state index in [0.29, 0.717) is 56.3 Å². The Bertz CT molecular complexity index is 1190. The standard InChI is InChI=1S/C25H35F3N6O3S/c1-15(2)11-33-38(35,36)34-6-3-16(4-7-34)5-8-37-17-12-31-25(32-13-17)24-23(22(29)14-30-24)18-9-20(27)21(28)10-19(18)26/h9-10,12-13,15-16,22-24,30,33H,3-8,11,14,29H2,1-2H3/t22-,23+,24?/m0/s1. The van der Waals surface area contributed by atoms with Gasteiger partial charge in [-0.15, -0.1) is 0 Å². The summed E-state index contributed by atoms with van der Waals surface area (Å²) in [6, 6.07) is 0.257. The second-order valence-corrected chi connectivity index (χ2v) is 12.1. The van der Waals surface area contributed by atoms with E-state index in [1.165, 1.54) is 16.7 Å². The molecule has 2 aromatic rings. The molecule has 0 radical (unpaired) electrons. The number of hydrogen-bond donors (Lipinski definition) is 3. The average Bonchev–Trinajstić information content (AvgIpc) is 3.27. The van der Waals surface area contributed by atoms with Crippen molar-refractivity contribution in [1.29, 1.82) is 0 Å². The van der Waals surface area contributed by atoms with Crippen LogP contribution in [0.5, 0.6) is 5.75 Å². The summed E-state index contributed by atoms with van der Waals surface area (Å²) in [7, 11) is -3.44. The lowest BCUT2D eigenvalue weighted by atomic mass is 9.88. The van der Waals surface area contributed by atoms with Crippen molar-refractivity contribution in [1.82, 2.24) is 24.3 Å². The summed E-state index contributed by atoms with van der Waals surface area (Å²) in [6.07, 6.45) is 5.32. The van der Waals surface area contributed by atoms with Gasteiger partial charge < -0.3 is 15.8 Å². The van der Waals surface area contributed by atoms with Gasteiger partial charge in [0.25, 0.3) is 10.2 Å². The highest BCUT2D eigenvalue weighted by molar-refractivity contribution is 7.87. The predicted molar refractivity (Wildman–Crippen MR) is 136 cm³/mol. The molecule has 9 nitrogen and oxygen atoms in total. The van der Waals surface area contributed by atoms with Crippen LogP contribution in [0.4, 0.5) is 13.2 Å². The Hall–Kier alpha value is -2.32. The molecule has 1 aromatic carbocycles. The molecule has 2 fully saturated rings. The lowest BCUT2D eigenvalue weighted by Crippen LogP contribution is -2.45. The molecule has 0 amide bonds. The molecular formula is C25H35F3N6O3S. The first-order valence-electron chi connectivity index (χ1n) is 12.9. The van der Waals surface area contributed by atoms with Gasteiger partial charge in [-0.2, -0.15) is 12.7 Å². The second-order valence-electron chi connectivity index (χ2n) is 10.4. The molecular weight excluding hydrogens is 521 g/mol. The van der Waals surface area contributed by atoms with E-state index in [-0.39, 0.29) is 11.5 Å². The van der Waals surface area contributed by atoms with Crippen LogP contribution in [0, 0.1) is 29.3 Å². The quantitative estimate of drug-likeness (QED) is 0.385. The molecule has 210 valence electrons. The van der Waals surface area contributed by atoms with E-state index in [1.807, 2.05) is 13.8 Å². The zero-order chi connectivity index (χ0) is 27.4. The van der Waals surface area contributed by atoms with Gasteiger partial charge in [-0.1, -0.05) is 13.8 Å². The molecule has 4 N–H and O–H groups in total. The van der Waals surface area contributed by atoms with Gasteiger partial charge in [-0.25, -0.2) is 27.9 Å². The number of aromatic nitrogens is 2. The average molecular weight is 557 g/mol. The van der Waals surface area contributed by atoms with Gasteiger partial charge >= 0.3 is 0 Å². The molecule has 4 rings (SSSR count). The molecule has 3 heterocycles. The van der Waals surface area contributed by atoms with Crippen LogP contribution < -0.4 is 20.5 Å². The van der Waals surface area contributed by atoms with Crippen molar-refractivity contribution >= 4 is 10.2 Å². The monoisotopic (exact) mass is 556 g/mol. The van der Waals surface area contributed by atoms with Gasteiger partial charge in [0.2, 0.25) is 0 Å². The van der Waals surface area contributed by atoms with E-state index in [2.05, 4.69) is 20.0 Å². The molecule has 0 saturated carbocycles. The molecule has 1 aromatic heterocycles. The van der Waals surface area contributed by atoms with E-state index < -0.39 is 45.7 Å². The molecule has 2 aliphatic heterocycles. The van der Waals surface area contributed by atoms with Crippen molar-refractivity contribution in [3.05, 3.63) is 53.4 Å². The molecule has 3 atom stereocenters. The summed E-state index contributed by atoms with van der Waals surface area (Å²) in [5.74, 6) is -2.53. The second kappa shape index (κ2) is 12.2. The Morgan fingerprint density at radius 1 is 1.13 bits per heavy atom. The molecule has 0 bridgehead atoms. The van der Waals surface area contributed by atoms with Crippen molar-refractivity contribution < 1.29 is 26.3 Å². The third kappa shape index (κ3) is 6.81. The van der Waals surface area contributed by atoms with Gasteiger partial charge in [-0.05, 0) is 42.7 Å². The zero-order valence-electron chi connectivity index (χ0n) is 21.5. The molecule has 13 heteroatoms. The van der Waals surface area contributed by atoms with E-state index in [9.17, 15) is 21.6 Å². The number of nitrogens with two attached hydrogens (primary N) is 1. The van der Waals surface area contributed by atoms with Crippen molar-refractivity contribution in [3.63, 3.8) is 0 Å². The van der Waals surface area contributed by atoms with Crippen molar-refractivity contribution in [2.24, 2.45) is 17.6 Å². The Balaban J connectivity index is 1.28. The third-order valence-electron chi connectivity index (χ3n) is 7.10. The fourth-order valence-corrected chi connectivity index (χ4v) is 6.34. The fraction of sp³-hybridized carbons (Fsp3) is 0.600. The number of rotatable bonds is 10. The van der Waals surface area contributed by atoms with E-state index >= 15 is 0 Å². The SMILES string of the molecule is CC(C)CNS(=O)(=O)N1CCC(CCOc2cnc(C3NC[C@H](N)[C@H]3c3cc(F)c(F)cc3F)nc2)CC1. The van der Waals surface area contributed by atoms with Crippen molar-refractivity contribution in [2.45, 2.75) is 51.1 Å². The first kappa shape index (κ1) is 28.7. The lowest BCUT2D eigenvalue weighted by Gasteiger charge is -2.31. The number of hydrogen-bond acceptors (Lipinski definition) is 7. The normalized spacial score (nSPS) is 23.3. The Morgan fingerprint density at radius 3 is 2.45 bits per heavy atom. The largest absolute Gasteiger partial charge is 0.490 e. The number of benzene rings is 1. The minimum Gasteiger partial charge on any atom is -0.490 e. The van der Waals surface area contributed by atoms with E-state index in [1.54, 1.807) is 0 Å².